The van der Waals surface area contributed by atoms with Crippen LogP contribution in [-0.4, -0.2) is 12.6 Å². The van der Waals surface area contributed by atoms with Gasteiger partial charge < -0.3 is 0 Å². The molecule has 2 aromatic rings. The summed E-state index contributed by atoms with van der Waals surface area (Å²) in [5, 5.41) is 1.61. The number of sulfonamides is 1. The summed E-state index contributed by atoms with van der Waals surface area (Å²) >= 11 is 0. The molecule has 0 aliphatic heterocycles. The molecule has 0 aromatic heterocycles. The molecule has 1 fully saturated rings. The lowest BCUT2D eigenvalue weighted by Crippen LogP contribution is -2.06. The highest BCUT2D eigenvalue weighted by atomic mass is 32.3. The quantitative estimate of drug-likeness (QED) is 0.689. The molecule has 0 saturated heterocycles. The first-order valence-corrected chi connectivity index (χ1v) is 12.2. The van der Waals surface area contributed by atoms with Gasteiger partial charge in [0, 0.05) is 5.41 Å². The molecule has 6 heteroatoms. The van der Waals surface area contributed by atoms with Gasteiger partial charge in [0.2, 0.25) is 0 Å². The molecule has 1 aliphatic rings. The minimum atomic E-state index is -4.04. The predicted octanol–water partition coefficient (Wildman–Crippen LogP) is 5.37. The first-order valence-electron chi connectivity index (χ1n) is 9.15. The Bertz CT molecular complexity index is 1050. The van der Waals surface area contributed by atoms with Gasteiger partial charge in [0.25, 0.3) is 10.0 Å². The summed E-state index contributed by atoms with van der Waals surface area (Å²) in [6, 6.07) is 13.6. The van der Waals surface area contributed by atoms with Crippen LogP contribution in [-0.2, 0) is 19.8 Å². The van der Waals surface area contributed by atoms with Gasteiger partial charge in [0.15, 0.2) is 0 Å². The van der Waals surface area contributed by atoms with Crippen LogP contribution in [0.5, 0.6) is 0 Å². The maximum Gasteiger partial charge on any atom is 0.290 e. The van der Waals surface area contributed by atoms with Gasteiger partial charge in [-0.1, -0.05) is 51.2 Å². The molecule has 0 N–H and O–H groups in total. The summed E-state index contributed by atoms with van der Waals surface area (Å²) in [4.78, 5) is 0.497. The fourth-order valence-electron chi connectivity index (χ4n) is 3.11. The number of hydrogen-bond acceptors (Lipinski definition) is 3. The Hall–Kier alpha value is -1.92. The fourth-order valence-corrected chi connectivity index (χ4v) is 6.97. The van der Waals surface area contributed by atoms with Crippen molar-refractivity contribution in [3.63, 3.8) is 0 Å². The highest BCUT2D eigenvalue weighted by Gasteiger charge is 2.20. The standard InChI is InChI=1S/C21H25NO3S2/c1-17-8-12-20(13-9-17)26(23,16-19-6-4-3-5-7-19)22-27(24,25)21-14-10-18(2)11-15-21/h8-16H,3-7H2,1-2H3. The summed E-state index contributed by atoms with van der Waals surface area (Å²) in [7, 11) is -7.26. The number of hydrogen-bond donors (Lipinski definition) is 0. The van der Waals surface area contributed by atoms with E-state index in [0.29, 0.717) is 4.90 Å². The van der Waals surface area contributed by atoms with Crippen molar-refractivity contribution in [2.75, 3.05) is 0 Å². The van der Waals surface area contributed by atoms with Crippen molar-refractivity contribution in [2.24, 2.45) is 3.77 Å². The minimum absolute atomic E-state index is 0.0648. The molecule has 1 unspecified atom stereocenters. The van der Waals surface area contributed by atoms with Gasteiger partial charge in [-0.15, -0.1) is 0 Å². The lowest BCUT2D eigenvalue weighted by molar-refractivity contribution is 0.597. The zero-order valence-electron chi connectivity index (χ0n) is 15.7. The second kappa shape index (κ2) is 7.98. The van der Waals surface area contributed by atoms with E-state index < -0.39 is 19.8 Å². The predicted molar refractivity (Wildman–Crippen MR) is 110 cm³/mol. The summed E-state index contributed by atoms with van der Waals surface area (Å²) in [5.74, 6) is 0. The number of benzene rings is 2. The molecule has 144 valence electrons. The lowest BCUT2D eigenvalue weighted by atomic mass is 9.96. The van der Waals surface area contributed by atoms with Crippen LogP contribution in [0.4, 0.5) is 0 Å². The smallest absolute Gasteiger partial charge is 0.239 e. The van der Waals surface area contributed by atoms with Gasteiger partial charge in [-0.25, -0.2) is 4.21 Å². The van der Waals surface area contributed by atoms with E-state index in [2.05, 4.69) is 3.77 Å². The first kappa shape index (κ1) is 19.8. The van der Waals surface area contributed by atoms with Gasteiger partial charge in [-0.2, -0.15) is 8.42 Å². The van der Waals surface area contributed by atoms with Gasteiger partial charge >= 0.3 is 0 Å². The van der Waals surface area contributed by atoms with Crippen LogP contribution in [0.25, 0.3) is 0 Å². The number of nitrogens with zero attached hydrogens (tertiary/aromatic N) is 1. The van der Waals surface area contributed by atoms with Crippen molar-refractivity contribution in [3.8, 4) is 0 Å². The Morgan fingerprint density at radius 2 is 1.22 bits per heavy atom. The van der Waals surface area contributed by atoms with E-state index in [9.17, 15) is 12.6 Å². The number of rotatable bonds is 4. The first-order chi connectivity index (χ1) is 12.8. The molecule has 1 atom stereocenters. The van der Waals surface area contributed by atoms with E-state index in [4.69, 9.17) is 0 Å². The molecule has 27 heavy (non-hydrogen) atoms. The van der Waals surface area contributed by atoms with E-state index >= 15 is 0 Å². The number of aryl methyl sites for hydroxylation is 2. The highest BCUT2D eigenvalue weighted by molar-refractivity contribution is 8.05. The monoisotopic (exact) mass is 403 g/mol. The van der Waals surface area contributed by atoms with Gasteiger partial charge in [0.05, 0.1) is 9.79 Å². The van der Waals surface area contributed by atoms with E-state index in [-0.39, 0.29) is 4.90 Å². The summed E-state index contributed by atoms with van der Waals surface area (Å²) in [5.41, 5.74) is 3.01. The van der Waals surface area contributed by atoms with Crippen LogP contribution in [0.15, 0.2) is 73.1 Å². The molecular formula is C21H25NO3S2. The van der Waals surface area contributed by atoms with Crippen LogP contribution in [0.3, 0.4) is 0 Å². The highest BCUT2D eigenvalue weighted by Crippen LogP contribution is 2.28. The fraction of sp³-hybridized carbons (Fsp3) is 0.333. The van der Waals surface area contributed by atoms with E-state index in [0.717, 1.165) is 48.8 Å². The van der Waals surface area contributed by atoms with Crippen molar-refractivity contribution in [3.05, 3.63) is 70.6 Å². The maximum absolute atomic E-state index is 13.8. The molecule has 1 saturated carbocycles. The Balaban J connectivity index is 2.16. The molecule has 0 bridgehead atoms. The molecular weight excluding hydrogens is 378 g/mol. The Morgan fingerprint density at radius 1 is 0.741 bits per heavy atom. The Kier molecular flexibility index (Phi) is 5.86. The van der Waals surface area contributed by atoms with Gasteiger partial charge in [0.1, 0.15) is 9.73 Å². The molecule has 2 aromatic carbocycles. The molecule has 0 heterocycles. The third-order valence-electron chi connectivity index (χ3n) is 4.71. The van der Waals surface area contributed by atoms with E-state index in [1.807, 2.05) is 26.0 Å². The van der Waals surface area contributed by atoms with E-state index in [1.54, 1.807) is 29.7 Å². The third-order valence-corrected chi connectivity index (χ3v) is 8.85. The third kappa shape index (κ3) is 4.87. The van der Waals surface area contributed by atoms with Crippen molar-refractivity contribution < 1.29 is 12.6 Å². The lowest BCUT2D eigenvalue weighted by Gasteiger charge is -2.15. The van der Waals surface area contributed by atoms with Gasteiger partial charge in [-0.3, -0.25) is 0 Å². The van der Waals surface area contributed by atoms with Crippen LogP contribution >= 0.6 is 0 Å². The minimum Gasteiger partial charge on any atom is -0.239 e. The molecule has 4 nitrogen and oxygen atoms in total. The largest absolute Gasteiger partial charge is 0.290 e. The van der Waals surface area contributed by atoms with E-state index in [1.165, 1.54) is 12.1 Å². The normalized spacial score (nSPS) is 17.2. The molecule has 0 amide bonds. The van der Waals surface area contributed by atoms with Crippen molar-refractivity contribution >= 4 is 19.8 Å². The summed E-state index contributed by atoms with van der Waals surface area (Å²) in [6.07, 6.45) is 4.94. The number of allylic oxidation sites excluding steroid dienone is 1. The van der Waals surface area contributed by atoms with Crippen LogP contribution in [0.1, 0.15) is 43.2 Å². The van der Waals surface area contributed by atoms with Crippen LogP contribution in [0, 0.1) is 13.8 Å². The topological polar surface area (TPSA) is 63.6 Å². The zero-order valence-corrected chi connectivity index (χ0v) is 17.4. The van der Waals surface area contributed by atoms with Crippen molar-refractivity contribution in [1.82, 2.24) is 0 Å². The molecule has 1 aliphatic carbocycles. The zero-order chi connectivity index (χ0) is 19.5. The van der Waals surface area contributed by atoms with Crippen molar-refractivity contribution in [2.45, 2.75) is 55.7 Å². The summed E-state index contributed by atoms with van der Waals surface area (Å²) < 4.78 is 43.5. The average Bonchev–Trinajstić information content (AvgIpc) is 2.63. The Labute approximate surface area is 162 Å². The second-order valence-corrected chi connectivity index (χ2v) is 10.9. The summed E-state index contributed by atoms with van der Waals surface area (Å²) in [6.45, 7) is 3.82. The average molecular weight is 404 g/mol. The molecule has 0 spiro atoms. The maximum atomic E-state index is 13.8. The van der Waals surface area contributed by atoms with Crippen molar-refractivity contribution in [1.29, 1.82) is 0 Å². The van der Waals surface area contributed by atoms with Crippen LogP contribution < -0.4 is 0 Å². The Morgan fingerprint density at radius 3 is 1.74 bits per heavy atom. The SMILES string of the molecule is Cc1ccc(S(=O)(=O)N=S(=O)(C=C2CCCCC2)c2ccc(C)cc2)cc1. The second-order valence-electron chi connectivity index (χ2n) is 7.08. The van der Waals surface area contributed by atoms with Crippen LogP contribution in [0.2, 0.25) is 0 Å². The van der Waals surface area contributed by atoms with Gasteiger partial charge in [-0.05, 0) is 63.8 Å². The molecule has 0 radical (unpaired) electrons. The molecule has 3 rings (SSSR count).